The van der Waals surface area contributed by atoms with Gasteiger partial charge in [0.2, 0.25) is 0 Å². The van der Waals surface area contributed by atoms with E-state index in [1.807, 2.05) is 0 Å². The third-order valence-corrected chi connectivity index (χ3v) is 1.50. The van der Waals surface area contributed by atoms with Crippen LogP contribution in [0.25, 0.3) is 0 Å². The largest absolute Gasteiger partial charge is 0.392 e. The highest BCUT2D eigenvalue weighted by Gasteiger charge is 2.01. The summed E-state index contributed by atoms with van der Waals surface area (Å²) in [5.74, 6) is 0.500. The average Bonchev–Trinajstić information content (AvgIpc) is 2.03. The van der Waals surface area contributed by atoms with Gasteiger partial charge in [-0.15, -0.1) is 0 Å². The smallest absolute Gasteiger partial charge is 0.171 e. The SMILES string of the molecule is CC(O)CNc1nccnc1Cl. The van der Waals surface area contributed by atoms with Crippen LogP contribution in [0.15, 0.2) is 12.4 Å². The van der Waals surface area contributed by atoms with Crippen LogP contribution in [0.3, 0.4) is 0 Å². The van der Waals surface area contributed by atoms with Crippen LogP contribution in [-0.4, -0.2) is 27.7 Å². The number of rotatable bonds is 3. The fourth-order valence-electron chi connectivity index (χ4n) is 0.684. The number of anilines is 1. The number of hydrogen-bond donors (Lipinski definition) is 2. The molecule has 0 aliphatic heterocycles. The van der Waals surface area contributed by atoms with Gasteiger partial charge in [-0.25, -0.2) is 9.97 Å². The van der Waals surface area contributed by atoms with Crippen molar-refractivity contribution in [3.8, 4) is 0 Å². The minimum atomic E-state index is -0.428. The van der Waals surface area contributed by atoms with Gasteiger partial charge in [-0.2, -0.15) is 0 Å². The van der Waals surface area contributed by atoms with E-state index in [2.05, 4.69) is 15.3 Å². The molecule has 0 aliphatic rings. The molecule has 0 fully saturated rings. The highest BCUT2D eigenvalue weighted by molar-refractivity contribution is 6.31. The second-order valence-electron chi connectivity index (χ2n) is 2.43. The Bertz CT molecular complexity index is 254. The van der Waals surface area contributed by atoms with E-state index in [0.29, 0.717) is 17.5 Å². The van der Waals surface area contributed by atoms with E-state index in [1.54, 1.807) is 6.92 Å². The van der Waals surface area contributed by atoms with Crippen LogP contribution in [-0.2, 0) is 0 Å². The van der Waals surface area contributed by atoms with Crippen molar-refractivity contribution in [3.05, 3.63) is 17.5 Å². The number of nitrogens with one attached hydrogen (secondary N) is 1. The van der Waals surface area contributed by atoms with Crippen molar-refractivity contribution in [3.63, 3.8) is 0 Å². The molecule has 1 heterocycles. The monoisotopic (exact) mass is 187 g/mol. The zero-order valence-corrected chi connectivity index (χ0v) is 7.41. The Kier molecular flexibility index (Phi) is 3.25. The van der Waals surface area contributed by atoms with Gasteiger partial charge in [-0.05, 0) is 6.92 Å². The maximum Gasteiger partial charge on any atom is 0.171 e. The van der Waals surface area contributed by atoms with Crippen molar-refractivity contribution in [1.82, 2.24) is 9.97 Å². The lowest BCUT2D eigenvalue weighted by molar-refractivity contribution is 0.208. The summed E-state index contributed by atoms with van der Waals surface area (Å²) >= 11 is 5.69. The second-order valence-corrected chi connectivity index (χ2v) is 2.78. The van der Waals surface area contributed by atoms with Crippen LogP contribution in [0.2, 0.25) is 5.15 Å². The summed E-state index contributed by atoms with van der Waals surface area (Å²) in [7, 11) is 0. The van der Waals surface area contributed by atoms with Crippen molar-refractivity contribution in [2.75, 3.05) is 11.9 Å². The minimum Gasteiger partial charge on any atom is -0.392 e. The van der Waals surface area contributed by atoms with E-state index in [1.165, 1.54) is 12.4 Å². The Morgan fingerprint density at radius 1 is 1.58 bits per heavy atom. The predicted molar refractivity (Wildman–Crippen MR) is 47.2 cm³/mol. The lowest BCUT2D eigenvalue weighted by Gasteiger charge is -2.07. The topological polar surface area (TPSA) is 58.0 Å². The summed E-state index contributed by atoms with van der Waals surface area (Å²) in [6.45, 7) is 2.09. The molecule has 0 saturated carbocycles. The molecular formula is C7H10ClN3O. The third-order valence-electron chi connectivity index (χ3n) is 1.22. The molecule has 1 aromatic heterocycles. The molecular weight excluding hydrogens is 178 g/mol. The molecule has 0 saturated heterocycles. The van der Waals surface area contributed by atoms with Gasteiger partial charge in [0.25, 0.3) is 0 Å². The van der Waals surface area contributed by atoms with E-state index in [4.69, 9.17) is 16.7 Å². The zero-order chi connectivity index (χ0) is 8.97. The molecule has 0 amide bonds. The summed E-state index contributed by atoms with van der Waals surface area (Å²) in [6.07, 6.45) is 2.62. The Balaban J connectivity index is 2.57. The number of aromatic nitrogens is 2. The quantitative estimate of drug-likeness (QED) is 0.739. The van der Waals surface area contributed by atoms with Gasteiger partial charge in [0.05, 0.1) is 6.10 Å². The molecule has 1 atom stereocenters. The molecule has 2 N–H and O–H groups in total. The van der Waals surface area contributed by atoms with Crippen molar-refractivity contribution < 1.29 is 5.11 Å². The lowest BCUT2D eigenvalue weighted by Crippen LogP contribution is -2.16. The molecule has 0 radical (unpaired) electrons. The van der Waals surface area contributed by atoms with Crippen LogP contribution in [0.5, 0.6) is 0 Å². The van der Waals surface area contributed by atoms with Crippen molar-refractivity contribution in [2.45, 2.75) is 13.0 Å². The summed E-state index contributed by atoms with van der Waals surface area (Å²) in [5, 5.41) is 12.1. The summed E-state index contributed by atoms with van der Waals surface area (Å²) in [4.78, 5) is 7.75. The van der Waals surface area contributed by atoms with Crippen LogP contribution in [0, 0.1) is 0 Å². The Morgan fingerprint density at radius 2 is 2.25 bits per heavy atom. The molecule has 66 valence electrons. The lowest BCUT2D eigenvalue weighted by atomic mass is 10.4. The van der Waals surface area contributed by atoms with Crippen LogP contribution >= 0.6 is 11.6 Å². The predicted octanol–water partition coefficient (Wildman–Crippen LogP) is 0.923. The molecule has 5 heteroatoms. The molecule has 0 spiro atoms. The standard InChI is InChI=1S/C7H10ClN3O/c1-5(12)4-11-7-6(8)9-2-3-10-7/h2-3,5,12H,4H2,1H3,(H,10,11). The average molecular weight is 188 g/mol. The fourth-order valence-corrected chi connectivity index (χ4v) is 0.856. The summed E-state index contributed by atoms with van der Waals surface area (Å²) < 4.78 is 0. The van der Waals surface area contributed by atoms with Crippen LogP contribution < -0.4 is 5.32 Å². The van der Waals surface area contributed by atoms with E-state index in [9.17, 15) is 0 Å². The molecule has 1 aromatic rings. The van der Waals surface area contributed by atoms with Gasteiger partial charge in [0, 0.05) is 18.9 Å². The maximum atomic E-state index is 8.95. The van der Waals surface area contributed by atoms with Crippen molar-refractivity contribution >= 4 is 17.4 Å². The third kappa shape index (κ3) is 2.64. The molecule has 1 rings (SSSR count). The van der Waals surface area contributed by atoms with Gasteiger partial charge in [-0.3, -0.25) is 0 Å². The number of halogens is 1. The first kappa shape index (κ1) is 9.22. The Morgan fingerprint density at radius 3 is 2.83 bits per heavy atom. The fraction of sp³-hybridized carbons (Fsp3) is 0.429. The Hall–Kier alpha value is -0.870. The minimum absolute atomic E-state index is 0.318. The number of hydrogen-bond acceptors (Lipinski definition) is 4. The van der Waals surface area contributed by atoms with Gasteiger partial charge in [-0.1, -0.05) is 11.6 Å². The zero-order valence-electron chi connectivity index (χ0n) is 6.66. The molecule has 0 bridgehead atoms. The number of aliphatic hydroxyl groups excluding tert-OH is 1. The number of aliphatic hydroxyl groups is 1. The first-order valence-electron chi connectivity index (χ1n) is 3.58. The maximum absolute atomic E-state index is 8.95. The van der Waals surface area contributed by atoms with E-state index >= 15 is 0 Å². The summed E-state index contributed by atoms with van der Waals surface area (Å²) in [5.41, 5.74) is 0. The van der Waals surface area contributed by atoms with Crippen LogP contribution in [0.4, 0.5) is 5.82 Å². The summed E-state index contributed by atoms with van der Waals surface area (Å²) in [6, 6.07) is 0. The van der Waals surface area contributed by atoms with Gasteiger partial charge < -0.3 is 10.4 Å². The first-order chi connectivity index (χ1) is 5.70. The first-order valence-corrected chi connectivity index (χ1v) is 3.96. The molecule has 4 nitrogen and oxygen atoms in total. The van der Waals surface area contributed by atoms with E-state index in [0.717, 1.165) is 0 Å². The van der Waals surface area contributed by atoms with Crippen molar-refractivity contribution in [1.29, 1.82) is 0 Å². The van der Waals surface area contributed by atoms with Gasteiger partial charge in [0.15, 0.2) is 11.0 Å². The second kappa shape index (κ2) is 4.23. The van der Waals surface area contributed by atoms with Gasteiger partial charge >= 0.3 is 0 Å². The molecule has 0 aliphatic carbocycles. The van der Waals surface area contributed by atoms with Crippen LogP contribution in [0.1, 0.15) is 6.92 Å². The highest BCUT2D eigenvalue weighted by atomic mass is 35.5. The number of nitrogens with zero attached hydrogens (tertiary/aromatic N) is 2. The normalized spacial score (nSPS) is 12.6. The molecule has 12 heavy (non-hydrogen) atoms. The van der Waals surface area contributed by atoms with E-state index in [-0.39, 0.29) is 0 Å². The van der Waals surface area contributed by atoms with Gasteiger partial charge in [0.1, 0.15) is 0 Å². The highest BCUT2D eigenvalue weighted by Crippen LogP contribution is 2.13. The van der Waals surface area contributed by atoms with Crippen molar-refractivity contribution in [2.24, 2.45) is 0 Å². The molecule has 0 aromatic carbocycles. The molecule has 1 unspecified atom stereocenters. The van der Waals surface area contributed by atoms with E-state index < -0.39 is 6.10 Å². The Labute approximate surface area is 75.6 Å².